The lowest BCUT2D eigenvalue weighted by molar-refractivity contribution is 0.215. The summed E-state index contributed by atoms with van der Waals surface area (Å²) in [5.74, 6) is 0. The molecule has 1 N–H and O–H groups in total. The molecular formula is C17H15NO. The van der Waals surface area contributed by atoms with Crippen molar-refractivity contribution < 1.29 is 5.11 Å². The average Bonchev–Trinajstić information content (AvgIpc) is 2.46. The molecule has 2 nitrogen and oxygen atoms in total. The Labute approximate surface area is 112 Å². The monoisotopic (exact) mass is 249 g/mol. The van der Waals surface area contributed by atoms with E-state index in [2.05, 4.69) is 17.1 Å². The summed E-state index contributed by atoms with van der Waals surface area (Å²) >= 11 is 0. The lowest BCUT2D eigenvalue weighted by Crippen LogP contribution is -2.02. The average molecular weight is 249 g/mol. The smallest absolute Gasteiger partial charge is 0.121 e. The molecule has 0 spiro atoms. The highest BCUT2D eigenvalue weighted by molar-refractivity contribution is 5.83. The van der Waals surface area contributed by atoms with E-state index in [0.29, 0.717) is 5.69 Å². The van der Waals surface area contributed by atoms with Crippen LogP contribution >= 0.6 is 0 Å². The number of aliphatic hydroxyl groups is 1. The van der Waals surface area contributed by atoms with Crippen molar-refractivity contribution in [2.24, 2.45) is 0 Å². The maximum absolute atomic E-state index is 10.4. The van der Waals surface area contributed by atoms with Crippen LogP contribution in [0, 0.1) is 6.92 Å². The lowest BCUT2D eigenvalue weighted by atomic mass is 10.0. The summed E-state index contributed by atoms with van der Waals surface area (Å²) in [6.07, 6.45) is -0.676. The number of fused-ring (bicyclic) bond motifs is 1. The van der Waals surface area contributed by atoms with Crippen LogP contribution < -0.4 is 0 Å². The Bertz CT molecular complexity index is 721. The van der Waals surface area contributed by atoms with Gasteiger partial charge in [0.2, 0.25) is 0 Å². The fraction of sp³-hybridized carbons (Fsp3) is 0.118. The van der Waals surface area contributed by atoms with E-state index in [0.717, 1.165) is 16.6 Å². The predicted molar refractivity (Wildman–Crippen MR) is 77.0 cm³/mol. The van der Waals surface area contributed by atoms with Gasteiger partial charge in [-0.05, 0) is 41.5 Å². The molecule has 94 valence electrons. The molecule has 1 aromatic heterocycles. The SMILES string of the molecule is Cc1cccc(C(O)c2ccc3ccccc3c2)n1. The number of nitrogens with zero attached hydrogens (tertiary/aromatic N) is 1. The topological polar surface area (TPSA) is 33.1 Å². The molecule has 3 aromatic rings. The summed E-state index contributed by atoms with van der Waals surface area (Å²) in [6.45, 7) is 1.93. The summed E-state index contributed by atoms with van der Waals surface area (Å²) in [5, 5.41) is 12.7. The zero-order valence-electron chi connectivity index (χ0n) is 10.7. The van der Waals surface area contributed by atoms with Gasteiger partial charge in [0.25, 0.3) is 0 Å². The highest BCUT2D eigenvalue weighted by Crippen LogP contribution is 2.24. The Morgan fingerprint density at radius 3 is 2.47 bits per heavy atom. The van der Waals surface area contributed by atoms with Gasteiger partial charge in [-0.3, -0.25) is 4.98 Å². The molecular weight excluding hydrogens is 234 g/mol. The molecule has 0 saturated heterocycles. The van der Waals surface area contributed by atoms with Crippen LogP contribution in [-0.2, 0) is 0 Å². The molecule has 2 aromatic carbocycles. The van der Waals surface area contributed by atoms with Crippen LogP contribution in [0.4, 0.5) is 0 Å². The minimum atomic E-state index is -0.676. The first-order valence-electron chi connectivity index (χ1n) is 6.34. The minimum absolute atomic E-state index is 0.676. The summed E-state index contributed by atoms with van der Waals surface area (Å²) in [5.41, 5.74) is 2.48. The normalized spacial score (nSPS) is 12.5. The van der Waals surface area contributed by atoms with E-state index in [9.17, 15) is 5.11 Å². The first-order chi connectivity index (χ1) is 9.24. The maximum atomic E-state index is 10.4. The zero-order chi connectivity index (χ0) is 13.2. The molecule has 0 aliphatic heterocycles. The third-order valence-electron chi connectivity index (χ3n) is 3.28. The second-order valence-electron chi connectivity index (χ2n) is 4.71. The molecule has 0 fully saturated rings. The van der Waals surface area contributed by atoms with Crippen molar-refractivity contribution in [2.75, 3.05) is 0 Å². The molecule has 19 heavy (non-hydrogen) atoms. The Morgan fingerprint density at radius 2 is 1.68 bits per heavy atom. The van der Waals surface area contributed by atoms with Crippen molar-refractivity contribution in [3.05, 3.63) is 77.6 Å². The Hall–Kier alpha value is -2.19. The van der Waals surface area contributed by atoms with Crippen molar-refractivity contribution in [2.45, 2.75) is 13.0 Å². The van der Waals surface area contributed by atoms with Crippen LogP contribution in [0.15, 0.2) is 60.7 Å². The maximum Gasteiger partial charge on any atom is 0.121 e. The van der Waals surface area contributed by atoms with E-state index in [4.69, 9.17) is 0 Å². The standard InChI is InChI=1S/C17H15NO/c1-12-5-4-8-16(18-12)17(19)15-10-9-13-6-2-3-7-14(13)11-15/h2-11,17,19H,1H3. The molecule has 0 saturated carbocycles. The third kappa shape index (κ3) is 2.35. The summed E-state index contributed by atoms with van der Waals surface area (Å²) in [6, 6.07) is 19.8. The first kappa shape index (κ1) is 11.9. The van der Waals surface area contributed by atoms with Gasteiger partial charge >= 0.3 is 0 Å². The molecule has 1 unspecified atom stereocenters. The van der Waals surface area contributed by atoms with Crippen molar-refractivity contribution >= 4 is 10.8 Å². The van der Waals surface area contributed by atoms with Crippen molar-refractivity contribution in [3.8, 4) is 0 Å². The van der Waals surface area contributed by atoms with E-state index in [1.165, 1.54) is 5.39 Å². The second-order valence-corrected chi connectivity index (χ2v) is 4.71. The van der Waals surface area contributed by atoms with Gasteiger partial charge in [-0.1, -0.05) is 42.5 Å². The third-order valence-corrected chi connectivity index (χ3v) is 3.28. The van der Waals surface area contributed by atoms with Crippen LogP contribution in [0.5, 0.6) is 0 Å². The molecule has 2 heteroatoms. The molecule has 0 amide bonds. The van der Waals surface area contributed by atoms with Crippen molar-refractivity contribution in [3.63, 3.8) is 0 Å². The quantitative estimate of drug-likeness (QED) is 0.752. The van der Waals surface area contributed by atoms with Crippen LogP contribution in [0.1, 0.15) is 23.1 Å². The van der Waals surface area contributed by atoms with Gasteiger partial charge in [0.15, 0.2) is 0 Å². The fourth-order valence-electron chi connectivity index (χ4n) is 2.27. The summed E-state index contributed by atoms with van der Waals surface area (Å²) in [4.78, 5) is 4.38. The van der Waals surface area contributed by atoms with Gasteiger partial charge in [0.1, 0.15) is 6.10 Å². The molecule has 0 aliphatic carbocycles. The van der Waals surface area contributed by atoms with Crippen LogP contribution in [0.25, 0.3) is 10.8 Å². The number of aryl methyl sites for hydroxylation is 1. The second kappa shape index (κ2) is 4.82. The van der Waals surface area contributed by atoms with E-state index >= 15 is 0 Å². The van der Waals surface area contributed by atoms with E-state index in [1.54, 1.807) is 0 Å². The minimum Gasteiger partial charge on any atom is -0.382 e. The van der Waals surface area contributed by atoms with E-state index in [-0.39, 0.29) is 0 Å². The molecule has 1 heterocycles. The summed E-state index contributed by atoms with van der Waals surface area (Å²) in [7, 11) is 0. The number of aromatic nitrogens is 1. The molecule has 1 atom stereocenters. The van der Waals surface area contributed by atoms with Crippen molar-refractivity contribution in [1.82, 2.24) is 4.98 Å². The van der Waals surface area contributed by atoms with Gasteiger partial charge in [-0.15, -0.1) is 0 Å². The van der Waals surface area contributed by atoms with Crippen LogP contribution in [-0.4, -0.2) is 10.1 Å². The molecule has 0 radical (unpaired) electrons. The molecule has 3 rings (SSSR count). The molecule has 0 bridgehead atoms. The van der Waals surface area contributed by atoms with Gasteiger partial charge in [0.05, 0.1) is 5.69 Å². The highest BCUT2D eigenvalue weighted by Gasteiger charge is 2.12. The number of hydrogen-bond donors (Lipinski definition) is 1. The highest BCUT2D eigenvalue weighted by atomic mass is 16.3. The number of aliphatic hydroxyl groups excluding tert-OH is 1. The van der Waals surface area contributed by atoms with E-state index in [1.807, 2.05) is 55.5 Å². The summed E-state index contributed by atoms with van der Waals surface area (Å²) < 4.78 is 0. The van der Waals surface area contributed by atoms with Gasteiger partial charge in [-0.25, -0.2) is 0 Å². The number of pyridine rings is 1. The van der Waals surface area contributed by atoms with Gasteiger partial charge in [0, 0.05) is 5.69 Å². The van der Waals surface area contributed by atoms with E-state index < -0.39 is 6.10 Å². The Balaban J connectivity index is 2.04. The van der Waals surface area contributed by atoms with Crippen LogP contribution in [0.2, 0.25) is 0 Å². The van der Waals surface area contributed by atoms with Crippen molar-refractivity contribution in [1.29, 1.82) is 0 Å². The fourth-order valence-corrected chi connectivity index (χ4v) is 2.27. The lowest BCUT2D eigenvalue weighted by Gasteiger charge is -2.12. The van der Waals surface area contributed by atoms with Crippen LogP contribution in [0.3, 0.4) is 0 Å². The largest absolute Gasteiger partial charge is 0.382 e. The van der Waals surface area contributed by atoms with Gasteiger partial charge in [-0.2, -0.15) is 0 Å². The number of rotatable bonds is 2. The van der Waals surface area contributed by atoms with Gasteiger partial charge < -0.3 is 5.11 Å². The Kier molecular flexibility index (Phi) is 3.02. The predicted octanol–water partition coefficient (Wildman–Crippen LogP) is 3.62. The number of benzene rings is 2. The number of hydrogen-bond acceptors (Lipinski definition) is 2. The molecule has 0 aliphatic rings. The Morgan fingerprint density at radius 1 is 0.895 bits per heavy atom. The zero-order valence-corrected chi connectivity index (χ0v) is 10.7. The first-order valence-corrected chi connectivity index (χ1v) is 6.34.